The van der Waals surface area contributed by atoms with Crippen molar-refractivity contribution in [3.05, 3.63) is 24.0 Å². The minimum Gasteiger partial charge on any atom is -0.495 e. The van der Waals surface area contributed by atoms with Crippen LogP contribution in [0.15, 0.2) is 18.5 Å². The van der Waals surface area contributed by atoms with E-state index in [1.165, 1.54) is 0 Å². The topological polar surface area (TPSA) is 68.4 Å². The molecule has 0 aliphatic heterocycles. The number of aromatic nitrogens is 1. The minimum atomic E-state index is -0.964. The van der Waals surface area contributed by atoms with Crippen LogP contribution < -0.4 is 10.5 Å². The van der Waals surface area contributed by atoms with Gasteiger partial charge in [-0.15, -0.1) is 0 Å². The molecule has 1 heterocycles. The summed E-state index contributed by atoms with van der Waals surface area (Å²) in [6.45, 7) is 3.33. The number of hydrogen-bond donors (Lipinski definition) is 2. The highest BCUT2D eigenvalue weighted by atomic mass is 16.5. The number of nitrogens with zero attached hydrogens (tertiary/aromatic N) is 1. The Morgan fingerprint density at radius 1 is 1.50 bits per heavy atom. The number of hydrogen-bond acceptors (Lipinski definition) is 4. The minimum absolute atomic E-state index is 0.468. The van der Waals surface area contributed by atoms with E-state index in [0.29, 0.717) is 5.75 Å². The number of nitrogens with two attached hydrogens (primary N) is 1. The van der Waals surface area contributed by atoms with Crippen molar-refractivity contribution in [1.29, 1.82) is 0 Å². The standard InChI is InChI=1S/C10H16N2O2/c1-10(2,13)9(11)7-4-8(14-3)6-12-5-7/h4-6,9,13H,11H2,1-3H3. The molecule has 0 spiro atoms. The molecule has 0 fully saturated rings. The van der Waals surface area contributed by atoms with E-state index in [-0.39, 0.29) is 0 Å². The fourth-order valence-corrected chi connectivity index (χ4v) is 1.13. The zero-order chi connectivity index (χ0) is 10.8. The monoisotopic (exact) mass is 196 g/mol. The molecule has 4 nitrogen and oxygen atoms in total. The molecule has 14 heavy (non-hydrogen) atoms. The summed E-state index contributed by atoms with van der Waals surface area (Å²) in [7, 11) is 1.57. The van der Waals surface area contributed by atoms with Crippen molar-refractivity contribution in [1.82, 2.24) is 4.98 Å². The summed E-state index contributed by atoms with van der Waals surface area (Å²) >= 11 is 0. The van der Waals surface area contributed by atoms with Gasteiger partial charge in [-0.05, 0) is 25.5 Å². The summed E-state index contributed by atoms with van der Waals surface area (Å²) in [5.41, 5.74) is 5.65. The molecule has 0 saturated heterocycles. The normalized spacial score (nSPS) is 13.8. The molecule has 1 aromatic heterocycles. The van der Waals surface area contributed by atoms with Gasteiger partial charge in [0.15, 0.2) is 0 Å². The third-order valence-electron chi connectivity index (χ3n) is 2.09. The molecule has 0 amide bonds. The van der Waals surface area contributed by atoms with Crippen LogP contribution in [0.2, 0.25) is 0 Å². The summed E-state index contributed by atoms with van der Waals surface area (Å²) in [4.78, 5) is 3.97. The molecule has 4 heteroatoms. The zero-order valence-corrected chi connectivity index (χ0v) is 8.69. The van der Waals surface area contributed by atoms with Gasteiger partial charge in [-0.1, -0.05) is 0 Å². The van der Waals surface area contributed by atoms with E-state index in [0.717, 1.165) is 5.56 Å². The maximum atomic E-state index is 9.71. The molecule has 0 aliphatic carbocycles. The van der Waals surface area contributed by atoms with Crippen molar-refractivity contribution in [2.45, 2.75) is 25.5 Å². The fraction of sp³-hybridized carbons (Fsp3) is 0.500. The molecule has 3 N–H and O–H groups in total. The molecular weight excluding hydrogens is 180 g/mol. The van der Waals surface area contributed by atoms with Crippen LogP contribution in [0.4, 0.5) is 0 Å². The first-order chi connectivity index (χ1) is 6.45. The molecule has 0 radical (unpaired) electrons. The predicted octanol–water partition coefficient (Wildman–Crippen LogP) is 0.861. The second-order valence-corrected chi connectivity index (χ2v) is 3.79. The van der Waals surface area contributed by atoms with Crippen molar-refractivity contribution >= 4 is 0 Å². The Bertz CT molecular complexity index is 307. The van der Waals surface area contributed by atoms with Gasteiger partial charge in [0.05, 0.1) is 24.9 Å². The van der Waals surface area contributed by atoms with E-state index in [4.69, 9.17) is 10.5 Å². The second kappa shape index (κ2) is 3.94. The van der Waals surface area contributed by atoms with Gasteiger partial charge >= 0.3 is 0 Å². The first kappa shape index (κ1) is 10.9. The summed E-state index contributed by atoms with van der Waals surface area (Å²) < 4.78 is 5.02. The largest absolute Gasteiger partial charge is 0.495 e. The number of rotatable bonds is 3. The summed E-state index contributed by atoms with van der Waals surface area (Å²) in [6, 6.07) is 1.31. The lowest BCUT2D eigenvalue weighted by Crippen LogP contribution is -2.35. The average Bonchev–Trinajstić information content (AvgIpc) is 2.15. The van der Waals surface area contributed by atoms with Gasteiger partial charge in [0, 0.05) is 6.20 Å². The molecule has 78 valence electrons. The Morgan fingerprint density at radius 2 is 2.14 bits per heavy atom. The van der Waals surface area contributed by atoms with Crippen LogP contribution in [-0.4, -0.2) is 22.8 Å². The van der Waals surface area contributed by atoms with Crippen LogP contribution in [0.5, 0.6) is 5.75 Å². The Hall–Kier alpha value is -1.13. The molecule has 1 atom stereocenters. The van der Waals surface area contributed by atoms with Crippen LogP contribution in [0.3, 0.4) is 0 Å². The molecule has 1 rings (SSSR count). The van der Waals surface area contributed by atoms with Gasteiger partial charge in [0.1, 0.15) is 5.75 Å². The lowest BCUT2D eigenvalue weighted by Gasteiger charge is -2.25. The van der Waals surface area contributed by atoms with Crippen LogP contribution in [0.1, 0.15) is 25.5 Å². The number of ether oxygens (including phenoxy) is 1. The zero-order valence-electron chi connectivity index (χ0n) is 8.69. The van der Waals surface area contributed by atoms with Gasteiger partial charge < -0.3 is 15.6 Å². The quantitative estimate of drug-likeness (QED) is 0.752. The Morgan fingerprint density at radius 3 is 2.64 bits per heavy atom. The molecule has 0 bridgehead atoms. The van der Waals surface area contributed by atoms with E-state index in [9.17, 15) is 5.11 Å². The molecule has 0 aromatic carbocycles. The second-order valence-electron chi connectivity index (χ2n) is 3.79. The number of aliphatic hydroxyl groups is 1. The van der Waals surface area contributed by atoms with E-state index >= 15 is 0 Å². The third-order valence-corrected chi connectivity index (χ3v) is 2.09. The maximum absolute atomic E-state index is 9.71. The van der Waals surface area contributed by atoms with E-state index in [2.05, 4.69) is 4.98 Å². The van der Waals surface area contributed by atoms with E-state index in [1.807, 2.05) is 0 Å². The van der Waals surface area contributed by atoms with E-state index < -0.39 is 11.6 Å². The summed E-state index contributed by atoms with van der Waals surface area (Å²) in [5.74, 6) is 0.641. The Balaban J connectivity index is 2.95. The number of pyridine rings is 1. The fourth-order valence-electron chi connectivity index (χ4n) is 1.13. The highest BCUT2D eigenvalue weighted by Gasteiger charge is 2.24. The molecule has 0 aliphatic rings. The highest BCUT2D eigenvalue weighted by Crippen LogP contribution is 2.24. The lowest BCUT2D eigenvalue weighted by molar-refractivity contribution is 0.0515. The molecular formula is C10H16N2O2. The van der Waals surface area contributed by atoms with Gasteiger partial charge in [-0.3, -0.25) is 4.98 Å². The van der Waals surface area contributed by atoms with Crippen molar-refractivity contribution in [3.8, 4) is 5.75 Å². The predicted molar refractivity (Wildman–Crippen MR) is 54.0 cm³/mol. The van der Waals surface area contributed by atoms with Crippen LogP contribution in [0.25, 0.3) is 0 Å². The molecule has 1 aromatic rings. The first-order valence-corrected chi connectivity index (χ1v) is 4.42. The summed E-state index contributed by atoms with van der Waals surface area (Å²) in [5, 5.41) is 9.71. The van der Waals surface area contributed by atoms with Gasteiger partial charge in [-0.25, -0.2) is 0 Å². The van der Waals surface area contributed by atoms with Crippen molar-refractivity contribution in [2.75, 3.05) is 7.11 Å². The number of methoxy groups -OCH3 is 1. The van der Waals surface area contributed by atoms with Gasteiger partial charge in [-0.2, -0.15) is 0 Å². The van der Waals surface area contributed by atoms with Crippen molar-refractivity contribution in [2.24, 2.45) is 5.73 Å². The first-order valence-electron chi connectivity index (χ1n) is 4.42. The van der Waals surface area contributed by atoms with Crippen LogP contribution in [0, 0.1) is 0 Å². The molecule has 0 saturated carbocycles. The molecule has 1 unspecified atom stereocenters. The Labute approximate surface area is 83.7 Å². The summed E-state index contributed by atoms with van der Waals surface area (Å²) in [6.07, 6.45) is 3.23. The van der Waals surface area contributed by atoms with Crippen molar-refractivity contribution < 1.29 is 9.84 Å². The van der Waals surface area contributed by atoms with Gasteiger partial charge in [0.2, 0.25) is 0 Å². The van der Waals surface area contributed by atoms with Crippen molar-refractivity contribution in [3.63, 3.8) is 0 Å². The third kappa shape index (κ3) is 2.43. The smallest absolute Gasteiger partial charge is 0.137 e. The van der Waals surface area contributed by atoms with Gasteiger partial charge in [0.25, 0.3) is 0 Å². The lowest BCUT2D eigenvalue weighted by atomic mass is 9.94. The van der Waals surface area contributed by atoms with Crippen LogP contribution >= 0.6 is 0 Å². The SMILES string of the molecule is COc1cncc(C(N)C(C)(C)O)c1. The highest BCUT2D eigenvalue weighted by molar-refractivity contribution is 5.27. The average molecular weight is 196 g/mol. The Kier molecular flexibility index (Phi) is 3.08. The van der Waals surface area contributed by atoms with Crippen LogP contribution in [-0.2, 0) is 0 Å². The van der Waals surface area contributed by atoms with E-state index in [1.54, 1.807) is 39.4 Å². The maximum Gasteiger partial charge on any atom is 0.137 e.